The molecule has 3 aromatic carbocycles. The molecule has 0 bridgehead atoms. The van der Waals surface area contributed by atoms with Crippen LogP contribution in [0.4, 0.5) is 9.59 Å². The molecule has 6 heterocycles. The Balaban J connectivity index is 0.000000181. The highest BCUT2D eigenvalue weighted by Crippen LogP contribution is 2.30. The molecule has 81 heavy (non-hydrogen) atoms. The van der Waals surface area contributed by atoms with Gasteiger partial charge in [0.05, 0.1) is 85.7 Å². The van der Waals surface area contributed by atoms with E-state index in [1.807, 2.05) is 73.7 Å². The van der Waals surface area contributed by atoms with Crippen molar-refractivity contribution in [3.05, 3.63) is 123 Å². The molecule has 0 aliphatic carbocycles. The van der Waals surface area contributed by atoms with Gasteiger partial charge in [-0.3, -0.25) is 19.4 Å². The standard InChI is InChI=1S/C21H27N3O4S.C16H19N3O2S.C11H12N2S.C10H17NO5/c1-13-18(29-12-23-13)15-7-5-14(6-8-15)10-22-19(26)17-9-16(25)11-24(17)20(27)28-21(2,3)4;1-10-15(22-9-19-10)12-4-2-11(3-5-12)7-18-16(21)14-6-13(20)8-17-14;1-8-11(14-7-13-8)10-4-2-9(6-12)3-5-10;1-10(2,3)16-9(15)11-5-6(12)4-7(11)8(13)14/h5-8,12,16-17,25H,9-11H2,1-4H3,(H,22,26);2-5,9,13-14,17,20H,6-8H2,1H3,(H,18,21);2-5,7H,6,12H2,1H3;6-7,12H,4-5H2,1-3H3,(H,13,14)/t16-,17+;13-,14+;;6-,7+/m11.1/s1. The number of rotatable bonds is 11. The Bertz CT molecular complexity index is 3030. The van der Waals surface area contributed by atoms with E-state index in [1.165, 1.54) is 20.2 Å². The smallest absolute Gasteiger partial charge is 0.411 e. The summed E-state index contributed by atoms with van der Waals surface area (Å²) in [6, 6.07) is 22.4. The zero-order chi connectivity index (χ0) is 59.2. The van der Waals surface area contributed by atoms with Gasteiger partial charge >= 0.3 is 18.2 Å². The molecule has 9 rings (SSSR count). The third-order valence-corrected chi connectivity index (χ3v) is 15.8. The van der Waals surface area contributed by atoms with Crippen molar-refractivity contribution >= 4 is 64.0 Å². The minimum absolute atomic E-state index is 0.00583. The molecular formula is C58H75N9O11S3. The number of ether oxygens (including phenoxy) is 2. The van der Waals surface area contributed by atoms with E-state index in [4.69, 9.17) is 20.3 Å². The van der Waals surface area contributed by atoms with Crippen LogP contribution in [0.15, 0.2) is 89.3 Å². The number of aryl methyl sites for hydroxylation is 3. The fourth-order valence-electron chi connectivity index (χ4n) is 8.77. The van der Waals surface area contributed by atoms with Crippen LogP contribution in [0, 0.1) is 20.8 Å². The van der Waals surface area contributed by atoms with Crippen LogP contribution in [0.25, 0.3) is 31.3 Å². The van der Waals surface area contributed by atoms with Crippen LogP contribution < -0.4 is 21.7 Å². The lowest BCUT2D eigenvalue weighted by molar-refractivity contribution is -0.142. The average Bonchev–Trinajstić information content (AvgIpc) is 4.33. The van der Waals surface area contributed by atoms with Gasteiger partial charge in [-0.25, -0.2) is 29.3 Å². The number of hydrogen-bond acceptors (Lipinski definition) is 18. The molecule has 3 saturated heterocycles. The quantitative estimate of drug-likeness (QED) is 0.0620. The van der Waals surface area contributed by atoms with E-state index in [0.717, 1.165) is 54.7 Å². The Morgan fingerprint density at radius 3 is 1.28 bits per heavy atom. The van der Waals surface area contributed by atoms with Gasteiger partial charge in [-0.1, -0.05) is 72.8 Å². The first-order valence-electron chi connectivity index (χ1n) is 26.5. The highest BCUT2D eigenvalue weighted by molar-refractivity contribution is 7.14. The van der Waals surface area contributed by atoms with E-state index in [9.17, 15) is 39.3 Å². The molecule has 3 aliphatic rings. The van der Waals surface area contributed by atoms with Gasteiger partial charge in [-0.05, 0) is 102 Å². The number of amides is 4. The summed E-state index contributed by atoms with van der Waals surface area (Å²) in [7, 11) is 0. The molecule has 3 aliphatic heterocycles. The molecule has 9 N–H and O–H groups in total. The summed E-state index contributed by atoms with van der Waals surface area (Å²) in [6.45, 7) is 18.4. The summed E-state index contributed by atoms with van der Waals surface area (Å²) in [6.07, 6.45) is -2.50. The van der Waals surface area contributed by atoms with Crippen molar-refractivity contribution in [3.8, 4) is 31.3 Å². The number of β-amino-alcohol motifs (C(OH)–C–C–N with tert-alkyl or cyclic N) is 3. The number of carboxylic acid groups (broad SMARTS) is 1. The summed E-state index contributed by atoms with van der Waals surface area (Å²) in [5, 5.41) is 46.4. The number of nitrogens with two attached hydrogens (primary N) is 1. The summed E-state index contributed by atoms with van der Waals surface area (Å²) in [5.74, 6) is -1.48. The lowest BCUT2D eigenvalue weighted by atomic mass is 10.1. The fourth-order valence-corrected chi connectivity index (χ4v) is 11.2. The zero-order valence-corrected chi connectivity index (χ0v) is 49.6. The molecule has 20 nitrogen and oxygen atoms in total. The molecular weight excluding hydrogens is 1090 g/mol. The first-order chi connectivity index (χ1) is 38.3. The van der Waals surface area contributed by atoms with E-state index in [0.29, 0.717) is 32.6 Å². The molecule has 6 aromatic rings. The van der Waals surface area contributed by atoms with Crippen LogP contribution in [0.1, 0.15) is 94.6 Å². The number of nitrogens with one attached hydrogen (secondary N) is 3. The van der Waals surface area contributed by atoms with Gasteiger partial charge in [0.25, 0.3) is 0 Å². The third kappa shape index (κ3) is 18.9. The first kappa shape index (κ1) is 63.5. The van der Waals surface area contributed by atoms with Gasteiger partial charge in [0.2, 0.25) is 11.8 Å². The Hall–Kier alpha value is -6.70. The van der Waals surface area contributed by atoms with Crippen molar-refractivity contribution in [2.45, 2.75) is 149 Å². The summed E-state index contributed by atoms with van der Waals surface area (Å²) < 4.78 is 10.4. The molecule has 3 aromatic heterocycles. The Morgan fingerprint density at radius 2 is 0.951 bits per heavy atom. The van der Waals surface area contributed by atoms with E-state index >= 15 is 0 Å². The van der Waals surface area contributed by atoms with Crippen molar-refractivity contribution in [1.29, 1.82) is 0 Å². The number of likely N-dealkylation sites (tertiary alicyclic amines) is 2. The molecule has 6 atom stereocenters. The summed E-state index contributed by atoms with van der Waals surface area (Å²) >= 11 is 4.90. The van der Waals surface area contributed by atoms with Gasteiger partial charge in [0.15, 0.2) is 0 Å². The second-order valence-electron chi connectivity index (χ2n) is 21.8. The maximum Gasteiger partial charge on any atom is 0.411 e. The number of nitrogens with zero attached hydrogens (tertiary/aromatic N) is 5. The van der Waals surface area contributed by atoms with Crippen LogP contribution in [-0.4, -0.2) is 142 Å². The van der Waals surface area contributed by atoms with Crippen LogP contribution in [0.3, 0.4) is 0 Å². The number of aliphatic hydroxyl groups is 3. The number of carboxylic acids is 1. The van der Waals surface area contributed by atoms with E-state index < -0.39 is 59.8 Å². The first-order valence-corrected chi connectivity index (χ1v) is 29.2. The van der Waals surface area contributed by atoms with Crippen LogP contribution in [-0.2, 0) is 43.5 Å². The van der Waals surface area contributed by atoms with E-state index in [-0.39, 0.29) is 43.8 Å². The monoisotopic (exact) mass is 1170 g/mol. The Morgan fingerprint density at radius 1 is 0.580 bits per heavy atom. The molecule has 4 amide bonds. The van der Waals surface area contributed by atoms with Gasteiger partial charge in [-0.15, -0.1) is 34.0 Å². The number of benzene rings is 3. The number of carbonyl (C=O) groups excluding carboxylic acids is 4. The number of aromatic nitrogens is 3. The molecule has 23 heteroatoms. The lowest BCUT2D eigenvalue weighted by Crippen LogP contribution is -2.47. The van der Waals surface area contributed by atoms with E-state index in [2.05, 4.69) is 67.3 Å². The summed E-state index contributed by atoms with van der Waals surface area (Å²) in [4.78, 5) is 78.2. The van der Waals surface area contributed by atoms with Gasteiger partial charge in [-0.2, -0.15) is 0 Å². The molecule has 0 spiro atoms. The van der Waals surface area contributed by atoms with Crippen molar-refractivity contribution < 1.29 is 53.9 Å². The predicted molar refractivity (Wildman–Crippen MR) is 313 cm³/mol. The van der Waals surface area contributed by atoms with Crippen molar-refractivity contribution in [1.82, 2.24) is 40.7 Å². The minimum atomic E-state index is -1.12. The average molecular weight is 1170 g/mol. The predicted octanol–water partition coefficient (Wildman–Crippen LogP) is 7.58. The number of carbonyl (C=O) groups is 5. The zero-order valence-electron chi connectivity index (χ0n) is 47.2. The van der Waals surface area contributed by atoms with Crippen LogP contribution in [0.5, 0.6) is 0 Å². The number of thiazole rings is 3. The topological polar surface area (TPSA) is 292 Å². The number of aliphatic hydroxyl groups excluding tert-OH is 3. The maximum atomic E-state index is 12.7. The van der Waals surface area contributed by atoms with Gasteiger partial charge < -0.3 is 51.6 Å². The van der Waals surface area contributed by atoms with Crippen molar-refractivity contribution in [3.63, 3.8) is 0 Å². The minimum Gasteiger partial charge on any atom is -0.480 e. The Kier molecular flexibility index (Phi) is 22.6. The molecule has 0 unspecified atom stereocenters. The number of aliphatic carboxylic acids is 1. The SMILES string of the molecule is CC(C)(C)OC(=O)N1C[C@H](O)C[C@H]1C(=O)O.Cc1ncsc1-c1ccc(CN)cc1.Cc1ncsc1-c1ccc(CNC(=O)[C@@H]2C[C@@H](O)CN2)cc1.Cc1ncsc1-c1ccc(CNC(=O)[C@@H]2C[C@@H](O)CN2C(=O)OC(C)(C)C)cc1. The van der Waals surface area contributed by atoms with Crippen molar-refractivity contribution in [2.24, 2.45) is 5.73 Å². The number of hydrogen-bond donors (Lipinski definition) is 8. The molecule has 0 radical (unpaired) electrons. The fraction of sp³-hybridized carbons (Fsp3) is 0.448. The lowest BCUT2D eigenvalue weighted by Gasteiger charge is -2.27. The normalized spacial score (nSPS) is 19.5. The Labute approximate surface area is 484 Å². The largest absolute Gasteiger partial charge is 0.480 e. The maximum absolute atomic E-state index is 12.7. The third-order valence-electron chi connectivity index (χ3n) is 12.9. The molecule has 3 fully saturated rings. The van der Waals surface area contributed by atoms with Crippen LogP contribution >= 0.6 is 34.0 Å². The van der Waals surface area contributed by atoms with Crippen molar-refractivity contribution in [2.75, 3.05) is 19.6 Å². The highest BCUT2D eigenvalue weighted by Gasteiger charge is 2.42. The second kappa shape index (κ2) is 28.8. The molecule has 436 valence electrons. The van der Waals surface area contributed by atoms with Gasteiger partial charge in [0.1, 0.15) is 23.3 Å². The molecule has 0 saturated carbocycles. The van der Waals surface area contributed by atoms with E-state index in [1.54, 1.807) is 75.6 Å². The second-order valence-corrected chi connectivity index (χ2v) is 24.4. The highest BCUT2D eigenvalue weighted by atomic mass is 32.1. The van der Waals surface area contributed by atoms with Gasteiger partial charge in [0, 0.05) is 39.0 Å². The van der Waals surface area contributed by atoms with Crippen LogP contribution in [0.2, 0.25) is 0 Å². The summed E-state index contributed by atoms with van der Waals surface area (Å²) in [5.41, 5.74) is 19.5.